The summed E-state index contributed by atoms with van der Waals surface area (Å²) in [6.07, 6.45) is 0. The Morgan fingerprint density at radius 3 is 2.29 bits per heavy atom. The molecule has 0 radical (unpaired) electrons. The summed E-state index contributed by atoms with van der Waals surface area (Å²) in [7, 11) is 0. The van der Waals surface area contributed by atoms with E-state index in [4.69, 9.17) is 9.84 Å². The molecule has 0 aromatic rings. The lowest BCUT2D eigenvalue weighted by Gasteiger charge is -2.26. The Morgan fingerprint density at radius 2 is 1.71 bits per heavy atom. The molecular formula is C10H19N3O4. The SMILES string of the molecule is O=C(NCCO)C(=O)NCCN1CCOCC1. The average Bonchev–Trinajstić information content (AvgIpc) is 2.37. The number of amides is 2. The summed E-state index contributed by atoms with van der Waals surface area (Å²) in [6, 6.07) is 0. The summed E-state index contributed by atoms with van der Waals surface area (Å²) in [5.74, 6) is -1.37. The minimum atomic E-state index is -0.707. The Morgan fingerprint density at radius 1 is 1.12 bits per heavy atom. The maximum absolute atomic E-state index is 11.2. The second-order valence-electron chi connectivity index (χ2n) is 3.69. The number of ether oxygens (including phenoxy) is 1. The quantitative estimate of drug-likeness (QED) is 0.467. The third kappa shape index (κ3) is 5.62. The molecule has 1 aliphatic heterocycles. The Hall–Kier alpha value is -1.18. The summed E-state index contributed by atoms with van der Waals surface area (Å²) in [4.78, 5) is 24.5. The number of hydrogen-bond acceptors (Lipinski definition) is 5. The van der Waals surface area contributed by atoms with E-state index < -0.39 is 11.8 Å². The average molecular weight is 245 g/mol. The Bertz CT molecular complexity index is 254. The molecule has 3 N–H and O–H groups in total. The van der Waals surface area contributed by atoms with Crippen LogP contribution in [0.4, 0.5) is 0 Å². The molecule has 0 bridgehead atoms. The van der Waals surface area contributed by atoms with Gasteiger partial charge in [0.15, 0.2) is 0 Å². The molecule has 1 heterocycles. The maximum atomic E-state index is 11.2. The first-order chi connectivity index (χ1) is 8.24. The van der Waals surface area contributed by atoms with Gasteiger partial charge in [-0.05, 0) is 0 Å². The van der Waals surface area contributed by atoms with Gasteiger partial charge in [-0.25, -0.2) is 0 Å². The second kappa shape index (κ2) is 7.99. The molecule has 98 valence electrons. The van der Waals surface area contributed by atoms with Crippen LogP contribution in [0.5, 0.6) is 0 Å². The van der Waals surface area contributed by atoms with Crippen molar-refractivity contribution in [1.29, 1.82) is 0 Å². The van der Waals surface area contributed by atoms with Crippen LogP contribution < -0.4 is 10.6 Å². The number of aliphatic hydroxyl groups excluding tert-OH is 1. The van der Waals surface area contributed by atoms with E-state index in [-0.39, 0.29) is 13.2 Å². The molecule has 17 heavy (non-hydrogen) atoms. The van der Waals surface area contributed by atoms with Gasteiger partial charge in [0.2, 0.25) is 0 Å². The van der Waals surface area contributed by atoms with E-state index in [1.165, 1.54) is 0 Å². The lowest BCUT2D eigenvalue weighted by molar-refractivity contribution is -0.139. The van der Waals surface area contributed by atoms with Crippen molar-refractivity contribution < 1.29 is 19.4 Å². The molecule has 1 saturated heterocycles. The van der Waals surface area contributed by atoms with Gasteiger partial charge in [-0.3, -0.25) is 14.5 Å². The van der Waals surface area contributed by atoms with Gasteiger partial charge in [0, 0.05) is 32.7 Å². The molecule has 1 fully saturated rings. The van der Waals surface area contributed by atoms with Gasteiger partial charge in [-0.2, -0.15) is 0 Å². The van der Waals surface area contributed by atoms with Crippen molar-refractivity contribution in [1.82, 2.24) is 15.5 Å². The highest BCUT2D eigenvalue weighted by molar-refractivity contribution is 6.35. The predicted octanol–water partition coefficient (Wildman–Crippen LogP) is -2.46. The zero-order valence-electron chi connectivity index (χ0n) is 9.78. The van der Waals surface area contributed by atoms with Crippen LogP contribution in [0.15, 0.2) is 0 Å². The molecule has 0 aliphatic carbocycles. The Kier molecular flexibility index (Phi) is 6.53. The number of carbonyl (C=O) groups excluding carboxylic acids is 2. The first kappa shape index (κ1) is 13.9. The van der Waals surface area contributed by atoms with Crippen LogP contribution >= 0.6 is 0 Å². The van der Waals surface area contributed by atoms with Crippen LogP contribution in [0.1, 0.15) is 0 Å². The van der Waals surface area contributed by atoms with Crippen molar-refractivity contribution in [3.8, 4) is 0 Å². The standard InChI is InChI=1S/C10H19N3O4/c14-6-2-12-10(16)9(15)11-1-3-13-4-7-17-8-5-13/h14H,1-8H2,(H,11,15)(H,12,16). The van der Waals surface area contributed by atoms with Gasteiger partial charge in [0.1, 0.15) is 0 Å². The first-order valence-corrected chi connectivity index (χ1v) is 5.71. The van der Waals surface area contributed by atoms with E-state index in [2.05, 4.69) is 15.5 Å². The first-order valence-electron chi connectivity index (χ1n) is 5.71. The van der Waals surface area contributed by atoms with Gasteiger partial charge >= 0.3 is 11.8 Å². The summed E-state index contributed by atoms with van der Waals surface area (Å²) in [6.45, 7) is 4.20. The summed E-state index contributed by atoms with van der Waals surface area (Å²) in [5.41, 5.74) is 0. The summed E-state index contributed by atoms with van der Waals surface area (Å²) >= 11 is 0. The number of nitrogens with zero attached hydrogens (tertiary/aromatic N) is 1. The maximum Gasteiger partial charge on any atom is 0.309 e. The predicted molar refractivity (Wildman–Crippen MR) is 60.4 cm³/mol. The topological polar surface area (TPSA) is 90.9 Å². The minimum absolute atomic E-state index is 0.0930. The second-order valence-corrected chi connectivity index (χ2v) is 3.69. The van der Waals surface area contributed by atoms with E-state index in [9.17, 15) is 9.59 Å². The number of morpholine rings is 1. The highest BCUT2D eigenvalue weighted by atomic mass is 16.5. The largest absolute Gasteiger partial charge is 0.395 e. The fraction of sp³-hybridized carbons (Fsp3) is 0.800. The summed E-state index contributed by atoms with van der Waals surface area (Å²) in [5, 5.41) is 13.3. The Labute approximate surface area is 100 Å². The Balaban J connectivity index is 2.08. The third-order valence-electron chi connectivity index (χ3n) is 2.42. The number of carbonyl (C=O) groups is 2. The normalized spacial score (nSPS) is 16.5. The van der Waals surface area contributed by atoms with Crippen molar-refractivity contribution in [2.24, 2.45) is 0 Å². The van der Waals surface area contributed by atoms with Crippen LogP contribution in [0.3, 0.4) is 0 Å². The fourth-order valence-corrected chi connectivity index (χ4v) is 1.48. The zero-order chi connectivity index (χ0) is 12.5. The lowest BCUT2D eigenvalue weighted by atomic mass is 10.4. The molecule has 7 heteroatoms. The number of rotatable bonds is 5. The molecule has 7 nitrogen and oxygen atoms in total. The lowest BCUT2D eigenvalue weighted by Crippen LogP contribution is -2.45. The van der Waals surface area contributed by atoms with Gasteiger partial charge in [0.05, 0.1) is 19.8 Å². The van der Waals surface area contributed by atoms with E-state index >= 15 is 0 Å². The van der Waals surface area contributed by atoms with Gasteiger partial charge in [-0.1, -0.05) is 0 Å². The number of aliphatic hydroxyl groups is 1. The molecule has 1 aliphatic rings. The highest BCUT2D eigenvalue weighted by Gasteiger charge is 2.13. The van der Waals surface area contributed by atoms with Crippen molar-refractivity contribution in [3.05, 3.63) is 0 Å². The molecule has 0 unspecified atom stereocenters. The number of nitrogens with one attached hydrogen (secondary N) is 2. The monoisotopic (exact) mass is 245 g/mol. The van der Waals surface area contributed by atoms with E-state index in [1.807, 2.05) is 0 Å². The van der Waals surface area contributed by atoms with E-state index in [1.54, 1.807) is 0 Å². The van der Waals surface area contributed by atoms with Crippen molar-refractivity contribution in [2.45, 2.75) is 0 Å². The third-order valence-corrected chi connectivity index (χ3v) is 2.42. The zero-order valence-corrected chi connectivity index (χ0v) is 9.78. The molecule has 2 amide bonds. The fourth-order valence-electron chi connectivity index (χ4n) is 1.48. The van der Waals surface area contributed by atoms with Crippen LogP contribution in [0.25, 0.3) is 0 Å². The molecule has 0 atom stereocenters. The van der Waals surface area contributed by atoms with E-state index in [0.717, 1.165) is 13.1 Å². The van der Waals surface area contributed by atoms with Crippen LogP contribution in [0, 0.1) is 0 Å². The molecule has 0 saturated carbocycles. The molecule has 0 aromatic heterocycles. The molecule has 0 aromatic carbocycles. The van der Waals surface area contributed by atoms with Gasteiger partial charge < -0.3 is 20.5 Å². The van der Waals surface area contributed by atoms with Crippen molar-refractivity contribution in [2.75, 3.05) is 52.5 Å². The van der Waals surface area contributed by atoms with Crippen LogP contribution in [-0.4, -0.2) is 74.4 Å². The van der Waals surface area contributed by atoms with Gasteiger partial charge in [0.25, 0.3) is 0 Å². The minimum Gasteiger partial charge on any atom is -0.395 e. The van der Waals surface area contributed by atoms with Gasteiger partial charge in [-0.15, -0.1) is 0 Å². The van der Waals surface area contributed by atoms with Crippen molar-refractivity contribution >= 4 is 11.8 Å². The molecule has 0 spiro atoms. The van der Waals surface area contributed by atoms with E-state index in [0.29, 0.717) is 26.3 Å². The number of hydrogen-bond donors (Lipinski definition) is 3. The van der Waals surface area contributed by atoms with Crippen molar-refractivity contribution in [3.63, 3.8) is 0 Å². The smallest absolute Gasteiger partial charge is 0.309 e. The summed E-state index contributed by atoms with van der Waals surface area (Å²) < 4.78 is 5.19. The molecular weight excluding hydrogens is 226 g/mol. The molecule has 1 rings (SSSR count). The highest BCUT2D eigenvalue weighted by Crippen LogP contribution is 1.94. The van der Waals surface area contributed by atoms with Crippen LogP contribution in [0.2, 0.25) is 0 Å². The van der Waals surface area contributed by atoms with Crippen LogP contribution in [-0.2, 0) is 14.3 Å².